The minimum Gasteiger partial charge on any atom is -0.344 e. The highest BCUT2D eigenvalue weighted by molar-refractivity contribution is 5.85. The van der Waals surface area contributed by atoms with Crippen molar-refractivity contribution in [1.82, 2.24) is 6.15 Å². The first-order chi connectivity index (χ1) is 5.24. The van der Waals surface area contributed by atoms with Gasteiger partial charge in [-0.3, -0.25) is 0 Å². The molecule has 3 heteroatoms. The van der Waals surface area contributed by atoms with Gasteiger partial charge in [0.2, 0.25) is 0 Å². The molecule has 1 rings (SSSR count). The smallest absolute Gasteiger partial charge is 0.126 e. The van der Waals surface area contributed by atoms with Crippen LogP contribution in [0.3, 0.4) is 0 Å². The number of rotatable bonds is 2. The van der Waals surface area contributed by atoms with Crippen LogP contribution in [0.2, 0.25) is 0 Å². The van der Waals surface area contributed by atoms with E-state index in [4.69, 9.17) is 0 Å². The second-order valence-electron chi connectivity index (χ2n) is 2.83. The Balaban J connectivity index is 0. The average molecular weight is 206 g/mol. The van der Waals surface area contributed by atoms with Gasteiger partial charge >= 0.3 is 0 Å². The summed E-state index contributed by atoms with van der Waals surface area (Å²) in [4.78, 5) is 0. The van der Waals surface area contributed by atoms with Gasteiger partial charge in [-0.05, 0) is 30.5 Å². The number of hydrogen-bond donors (Lipinski definition) is 1. The monoisotopic (exact) mass is 205 g/mol. The van der Waals surface area contributed by atoms with E-state index >= 15 is 0 Å². The molecule has 0 aliphatic heterocycles. The molecule has 1 aromatic rings. The zero-order chi connectivity index (χ0) is 8.27. The van der Waals surface area contributed by atoms with Crippen molar-refractivity contribution in [3.05, 3.63) is 35.1 Å². The fourth-order valence-corrected chi connectivity index (χ4v) is 1.15. The molecule has 0 saturated heterocycles. The van der Waals surface area contributed by atoms with E-state index in [1.54, 1.807) is 13.0 Å². The van der Waals surface area contributed by atoms with Gasteiger partial charge in [-0.1, -0.05) is 25.5 Å². The number of benzene rings is 1. The van der Waals surface area contributed by atoms with E-state index in [0.29, 0.717) is 0 Å². The summed E-state index contributed by atoms with van der Waals surface area (Å²) >= 11 is 0. The Morgan fingerprint density at radius 2 is 1.92 bits per heavy atom. The zero-order valence-electron chi connectivity index (χ0n) is 8.14. The first-order valence-corrected chi connectivity index (χ1v) is 3.99. The van der Waals surface area contributed by atoms with Crippen LogP contribution in [0.4, 0.5) is 4.39 Å². The van der Waals surface area contributed by atoms with E-state index < -0.39 is 0 Å². The molecule has 3 N–H and O–H groups in total. The Morgan fingerprint density at radius 3 is 2.38 bits per heavy atom. The summed E-state index contributed by atoms with van der Waals surface area (Å²) in [5, 5.41) is 0. The van der Waals surface area contributed by atoms with Crippen LogP contribution in [0.15, 0.2) is 18.2 Å². The minimum absolute atomic E-state index is 0. The van der Waals surface area contributed by atoms with Crippen LogP contribution in [-0.2, 0) is 6.42 Å². The van der Waals surface area contributed by atoms with E-state index in [-0.39, 0.29) is 24.4 Å². The van der Waals surface area contributed by atoms with Crippen molar-refractivity contribution in [1.29, 1.82) is 0 Å². The van der Waals surface area contributed by atoms with Gasteiger partial charge in [-0.25, -0.2) is 4.39 Å². The molecule has 13 heavy (non-hydrogen) atoms. The second kappa shape index (κ2) is 6.87. The Kier molecular flexibility index (Phi) is 7.87. The summed E-state index contributed by atoms with van der Waals surface area (Å²) in [6.45, 7) is 3.92. The summed E-state index contributed by atoms with van der Waals surface area (Å²) < 4.78 is 12.7. The molecule has 0 aliphatic carbocycles. The molecule has 0 aliphatic rings. The van der Waals surface area contributed by atoms with Crippen molar-refractivity contribution in [3.63, 3.8) is 0 Å². The van der Waals surface area contributed by atoms with Gasteiger partial charge < -0.3 is 6.15 Å². The predicted molar refractivity (Wildman–Crippen MR) is 57.4 cm³/mol. The molecule has 0 heterocycles. The third-order valence-corrected chi connectivity index (χ3v) is 1.76. The molecule has 1 aromatic carbocycles. The largest absolute Gasteiger partial charge is 0.344 e. The van der Waals surface area contributed by atoms with Crippen molar-refractivity contribution in [2.24, 2.45) is 0 Å². The van der Waals surface area contributed by atoms with Gasteiger partial charge in [-0.15, -0.1) is 12.4 Å². The van der Waals surface area contributed by atoms with E-state index in [2.05, 4.69) is 6.92 Å². The van der Waals surface area contributed by atoms with Gasteiger partial charge in [0.05, 0.1) is 0 Å². The predicted octanol–water partition coefficient (Wildman–Crippen LogP) is 3.67. The molecule has 0 spiro atoms. The van der Waals surface area contributed by atoms with Gasteiger partial charge in [-0.2, -0.15) is 0 Å². The van der Waals surface area contributed by atoms with Crippen LogP contribution in [-0.4, -0.2) is 0 Å². The van der Waals surface area contributed by atoms with Crippen LogP contribution in [0.5, 0.6) is 0 Å². The number of hydrogen-bond acceptors (Lipinski definition) is 1. The first kappa shape index (κ1) is 14.9. The standard InChI is InChI=1S/C10H13F.ClH.H3N/c1-3-4-9-5-6-10(11)8(2)7-9;;/h5-7H,3-4H2,1-2H3;1H;1H3. The molecule has 0 fully saturated rings. The molecular formula is C10H17ClFN. The van der Waals surface area contributed by atoms with Crippen LogP contribution in [0.25, 0.3) is 0 Å². The molecule has 0 aromatic heterocycles. The topological polar surface area (TPSA) is 35.0 Å². The van der Waals surface area contributed by atoms with E-state index in [1.165, 1.54) is 5.56 Å². The van der Waals surface area contributed by atoms with Crippen LogP contribution < -0.4 is 6.15 Å². The Morgan fingerprint density at radius 1 is 1.31 bits per heavy atom. The Hall–Kier alpha value is -0.600. The zero-order valence-corrected chi connectivity index (χ0v) is 8.96. The molecule has 0 amide bonds. The molecular weight excluding hydrogens is 189 g/mol. The maximum atomic E-state index is 12.7. The van der Waals surface area contributed by atoms with Gasteiger partial charge in [0, 0.05) is 0 Å². The summed E-state index contributed by atoms with van der Waals surface area (Å²) in [6, 6.07) is 5.31. The van der Waals surface area contributed by atoms with Crippen molar-refractivity contribution < 1.29 is 4.39 Å². The fourth-order valence-electron chi connectivity index (χ4n) is 1.15. The highest BCUT2D eigenvalue weighted by Crippen LogP contribution is 2.10. The SMILES string of the molecule is CCCc1ccc(F)c(C)c1.Cl.N. The molecule has 0 unspecified atom stereocenters. The number of aryl methyl sites for hydroxylation is 2. The van der Waals surface area contributed by atoms with Crippen LogP contribution >= 0.6 is 12.4 Å². The highest BCUT2D eigenvalue weighted by atomic mass is 35.5. The van der Waals surface area contributed by atoms with Crippen molar-refractivity contribution in [2.75, 3.05) is 0 Å². The maximum absolute atomic E-state index is 12.7. The highest BCUT2D eigenvalue weighted by Gasteiger charge is 1.96. The van der Waals surface area contributed by atoms with E-state index in [1.807, 2.05) is 12.1 Å². The molecule has 0 bridgehead atoms. The molecule has 0 saturated carbocycles. The molecule has 1 nitrogen and oxygen atoms in total. The summed E-state index contributed by atoms with van der Waals surface area (Å²) in [5.41, 5.74) is 1.97. The average Bonchev–Trinajstić information content (AvgIpc) is 1.98. The van der Waals surface area contributed by atoms with E-state index in [0.717, 1.165) is 18.4 Å². The van der Waals surface area contributed by atoms with Gasteiger partial charge in [0.1, 0.15) is 5.82 Å². The third-order valence-electron chi connectivity index (χ3n) is 1.76. The van der Waals surface area contributed by atoms with Crippen molar-refractivity contribution in [2.45, 2.75) is 26.7 Å². The third kappa shape index (κ3) is 4.25. The fraction of sp³-hybridized carbons (Fsp3) is 0.400. The minimum atomic E-state index is -0.107. The Labute approximate surface area is 85.3 Å². The summed E-state index contributed by atoms with van der Waals surface area (Å²) in [6.07, 6.45) is 2.16. The second-order valence-corrected chi connectivity index (χ2v) is 2.83. The van der Waals surface area contributed by atoms with Gasteiger partial charge in [0.25, 0.3) is 0 Å². The lowest BCUT2D eigenvalue weighted by Crippen LogP contribution is -1.87. The molecule has 0 atom stereocenters. The normalized spacial score (nSPS) is 8.54. The van der Waals surface area contributed by atoms with E-state index in [9.17, 15) is 4.39 Å². The lowest BCUT2D eigenvalue weighted by molar-refractivity contribution is 0.617. The summed E-state index contributed by atoms with van der Waals surface area (Å²) in [5.74, 6) is -0.107. The quantitative estimate of drug-likeness (QED) is 0.786. The van der Waals surface area contributed by atoms with Crippen LogP contribution in [0, 0.1) is 12.7 Å². The molecule has 0 radical (unpaired) electrons. The van der Waals surface area contributed by atoms with Crippen LogP contribution in [0.1, 0.15) is 24.5 Å². The number of halogens is 2. The summed E-state index contributed by atoms with van der Waals surface area (Å²) in [7, 11) is 0. The first-order valence-electron chi connectivity index (χ1n) is 3.99. The van der Waals surface area contributed by atoms with Crippen molar-refractivity contribution >= 4 is 12.4 Å². The molecule has 76 valence electrons. The van der Waals surface area contributed by atoms with Crippen molar-refractivity contribution in [3.8, 4) is 0 Å². The lowest BCUT2D eigenvalue weighted by atomic mass is 10.1. The van der Waals surface area contributed by atoms with Gasteiger partial charge in [0.15, 0.2) is 0 Å². The maximum Gasteiger partial charge on any atom is 0.126 e. The lowest BCUT2D eigenvalue weighted by Gasteiger charge is -2.00. The Bertz CT molecular complexity index is 251.